The van der Waals surface area contributed by atoms with Crippen molar-refractivity contribution in [3.63, 3.8) is 0 Å². The molecule has 0 saturated carbocycles. The van der Waals surface area contributed by atoms with Crippen molar-refractivity contribution in [3.8, 4) is 10.6 Å². The van der Waals surface area contributed by atoms with Crippen molar-refractivity contribution >= 4 is 17.0 Å². The van der Waals surface area contributed by atoms with E-state index in [0.29, 0.717) is 5.69 Å². The van der Waals surface area contributed by atoms with Gasteiger partial charge in [-0.2, -0.15) is 0 Å². The summed E-state index contributed by atoms with van der Waals surface area (Å²) in [5, 5.41) is 0.956. The topological polar surface area (TPSA) is 51.8 Å². The van der Waals surface area contributed by atoms with Gasteiger partial charge < -0.3 is 5.73 Å². The van der Waals surface area contributed by atoms with Gasteiger partial charge in [-0.25, -0.2) is 4.98 Å². The van der Waals surface area contributed by atoms with Crippen LogP contribution < -0.4 is 5.73 Å². The van der Waals surface area contributed by atoms with Crippen molar-refractivity contribution in [1.82, 2.24) is 9.97 Å². The summed E-state index contributed by atoms with van der Waals surface area (Å²) >= 11 is 1.64. The van der Waals surface area contributed by atoms with Crippen molar-refractivity contribution in [3.05, 3.63) is 29.5 Å². The summed E-state index contributed by atoms with van der Waals surface area (Å²) in [6, 6.07) is 1.88. The van der Waals surface area contributed by atoms with Crippen molar-refractivity contribution in [1.29, 1.82) is 0 Å². The molecule has 2 N–H and O–H groups in total. The molecule has 2 rings (SSSR count). The van der Waals surface area contributed by atoms with Crippen LogP contribution in [0.5, 0.6) is 0 Å². The highest BCUT2D eigenvalue weighted by Gasteiger charge is 2.05. The van der Waals surface area contributed by atoms with Crippen LogP contribution in [0.25, 0.3) is 10.6 Å². The molecule has 3 nitrogen and oxygen atoms in total. The van der Waals surface area contributed by atoms with E-state index >= 15 is 0 Å². The van der Waals surface area contributed by atoms with Crippen molar-refractivity contribution in [2.75, 3.05) is 5.73 Å². The number of rotatable bonds is 1. The number of nitrogens with two attached hydrogens (primary N) is 1. The summed E-state index contributed by atoms with van der Waals surface area (Å²) in [7, 11) is 0. The van der Waals surface area contributed by atoms with Crippen LogP contribution in [-0.2, 0) is 0 Å². The fourth-order valence-corrected chi connectivity index (χ4v) is 1.89. The third kappa shape index (κ3) is 1.53. The molecule has 0 aliphatic carbocycles. The summed E-state index contributed by atoms with van der Waals surface area (Å²) in [4.78, 5) is 9.37. The summed E-state index contributed by atoms with van der Waals surface area (Å²) < 4.78 is 0. The lowest BCUT2D eigenvalue weighted by atomic mass is 10.2. The molecule has 0 radical (unpaired) electrons. The van der Waals surface area contributed by atoms with E-state index in [0.717, 1.165) is 10.6 Å². The van der Waals surface area contributed by atoms with Gasteiger partial charge in [0.15, 0.2) is 0 Å². The Morgan fingerprint density at radius 1 is 1.38 bits per heavy atom. The standard InChI is InChI=1S/C9H9N3S/c1-6-4-12-9(13-6)7-2-3-11-5-8(7)10/h2-5H,10H2,1H3. The van der Waals surface area contributed by atoms with Gasteiger partial charge in [-0.05, 0) is 13.0 Å². The van der Waals surface area contributed by atoms with Gasteiger partial charge in [0.05, 0.1) is 11.9 Å². The number of pyridine rings is 1. The monoisotopic (exact) mass is 191 g/mol. The highest BCUT2D eigenvalue weighted by molar-refractivity contribution is 7.15. The minimum atomic E-state index is 0.678. The third-order valence-electron chi connectivity index (χ3n) is 1.70. The second-order valence-corrected chi connectivity index (χ2v) is 3.97. The molecule has 0 fully saturated rings. The van der Waals surface area contributed by atoms with Gasteiger partial charge in [0, 0.05) is 22.8 Å². The summed E-state index contributed by atoms with van der Waals surface area (Å²) in [6.45, 7) is 2.03. The van der Waals surface area contributed by atoms with Crippen molar-refractivity contribution < 1.29 is 0 Å². The molecule has 13 heavy (non-hydrogen) atoms. The van der Waals surface area contributed by atoms with Crippen molar-refractivity contribution in [2.45, 2.75) is 6.92 Å². The normalized spacial score (nSPS) is 10.2. The van der Waals surface area contributed by atoms with E-state index in [1.165, 1.54) is 4.88 Å². The second-order valence-electron chi connectivity index (χ2n) is 2.74. The molecule has 0 aliphatic rings. The van der Waals surface area contributed by atoms with E-state index in [2.05, 4.69) is 9.97 Å². The highest BCUT2D eigenvalue weighted by Crippen LogP contribution is 2.28. The zero-order valence-electron chi connectivity index (χ0n) is 7.19. The van der Waals surface area contributed by atoms with Gasteiger partial charge in [0.1, 0.15) is 5.01 Å². The molecular weight excluding hydrogens is 182 g/mol. The number of aryl methyl sites for hydroxylation is 1. The Morgan fingerprint density at radius 3 is 2.85 bits per heavy atom. The third-order valence-corrected chi connectivity index (χ3v) is 2.65. The van der Waals surface area contributed by atoms with E-state index in [1.807, 2.05) is 19.2 Å². The maximum Gasteiger partial charge on any atom is 0.125 e. The maximum atomic E-state index is 5.77. The fourth-order valence-electron chi connectivity index (χ4n) is 1.08. The number of nitrogens with zero attached hydrogens (tertiary/aromatic N) is 2. The number of aromatic nitrogens is 2. The van der Waals surface area contributed by atoms with Gasteiger partial charge >= 0.3 is 0 Å². The molecule has 2 aromatic rings. The Morgan fingerprint density at radius 2 is 2.23 bits per heavy atom. The summed E-state index contributed by atoms with van der Waals surface area (Å²) in [5.41, 5.74) is 7.41. The van der Waals surface area contributed by atoms with Crippen LogP contribution in [0, 0.1) is 6.92 Å². The number of anilines is 1. The van der Waals surface area contributed by atoms with Crippen LogP contribution in [0.1, 0.15) is 4.88 Å². The average molecular weight is 191 g/mol. The minimum Gasteiger partial charge on any atom is -0.397 e. The molecule has 2 aromatic heterocycles. The first kappa shape index (κ1) is 8.19. The quantitative estimate of drug-likeness (QED) is 0.751. The summed E-state index contributed by atoms with van der Waals surface area (Å²) in [5.74, 6) is 0. The number of hydrogen-bond donors (Lipinski definition) is 1. The molecule has 0 aromatic carbocycles. The summed E-state index contributed by atoms with van der Waals surface area (Å²) in [6.07, 6.45) is 5.22. The molecule has 0 unspecified atom stereocenters. The smallest absolute Gasteiger partial charge is 0.125 e. The van der Waals surface area contributed by atoms with Crippen LogP contribution in [-0.4, -0.2) is 9.97 Å². The predicted octanol–water partition coefficient (Wildman–Crippen LogP) is 2.10. The molecular formula is C9H9N3S. The molecule has 0 aliphatic heterocycles. The van der Waals surface area contributed by atoms with Crippen LogP contribution >= 0.6 is 11.3 Å². The van der Waals surface area contributed by atoms with E-state index in [1.54, 1.807) is 23.7 Å². The molecule has 0 bridgehead atoms. The molecule has 2 heterocycles. The predicted molar refractivity (Wildman–Crippen MR) is 54.5 cm³/mol. The number of nitrogen functional groups attached to an aromatic ring is 1. The largest absolute Gasteiger partial charge is 0.397 e. The van der Waals surface area contributed by atoms with Gasteiger partial charge in [0.25, 0.3) is 0 Å². The van der Waals surface area contributed by atoms with Gasteiger partial charge in [0.2, 0.25) is 0 Å². The average Bonchev–Trinajstić information content (AvgIpc) is 2.53. The molecule has 66 valence electrons. The Balaban J connectivity index is 2.52. The minimum absolute atomic E-state index is 0.678. The lowest BCUT2D eigenvalue weighted by Gasteiger charge is -1.98. The lowest BCUT2D eigenvalue weighted by Crippen LogP contribution is -1.89. The number of hydrogen-bond acceptors (Lipinski definition) is 4. The molecule has 0 spiro atoms. The first-order valence-corrected chi connectivity index (χ1v) is 4.71. The Labute approximate surface area is 80.3 Å². The van der Waals surface area contributed by atoms with Gasteiger partial charge in [-0.1, -0.05) is 0 Å². The van der Waals surface area contributed by atoms with Gasteiger partial charge in [-0.3, -0.25) is 4.98 Å². The maximum absolute atomic E-state index is 5.77. The highest BCUT2D eigenvalue weighted by atomic mass is 32.1. The zero-order chi connectivity index (χ0) is 9.26. The Bertz CT molecular complexity index is 422. The Hall–Kier alpha value is -1.42. The van der Waals surface area contributed by atoms with Crippen molar-refractivity contribution in [2.24, 2.45) is 0 Å². The SMILES string of the molecule is Cc1cnc(-c2ccncc2N)s1. The van der Waals surface area contributed by atoms with Crippen LogP contribution in [0.3, 0.4) is 0 Å². The molecule has 0 amide bonds. The van der Waals surface area contributed by atoms with E-state index < -0.39 is 0 Å². The zero-order valence-corrected chi connectivity index (χ0v) is 8.01. The lowest BCUT2D eigenvalue weighted by molar-refractivity contribution is 1.32. The molecule has 0 saturated heterocycles. The second kappa shape index (κ2) is 3.14. The van der Waals surface area contributed by atoms with Crippen LogP contribution in [0.15, 0.2) is 24.7 Å². The number of thiazole rings is 1. The van der Waals surface area contributed by atoms with E-state index in [-0.39, 0.29) is 0 Å². The van der Waals surface area contributed by atoms with Crippen LogP contribution in [0.2, 0.25) is 0 Å². The van der Waals surface area contributed by atoms with Crippen LogP contribution in [0.4, 0.5) is 5.69 Å². The molecule has 0 atom stereocenters. The first-order valence-electron chi connectivity index (χ1n) is 3.89. The Kier molecular flexibility index (Phi) is 1.98. The fraction of sp³-hybridized carbons (Fsp3) is 0.111. The van der Waals surface area contributed by atoms with E-state index in [4.69, 9.17) is 5.73 Å². The molecule has 4 heteroatoms. The first-order chi connectivity index (χ1) is 6.27. The van der Waals surface area contributed by atoms with Gasteiger partial charge in [-0.15, -0.1) is 11.3 Å². The van der Waals surface area contributed by atoms with E-state index in [9.17, 15) is 0 Å².